The van der Waals surface area contributed by atoms with E-state index < -0.39 is 15.9 Å². The van der Waals surface area contributed by atoms with Crippen LogP contribution < -0.4 is 29.6 Å². The third kappa shape index (κ3) is 8.02. The van der Waals surface area contributed by atoms with Crippen LogP contribution >= 0.6 is 12.2 Å². The van der Waals surface area contributed by atoms with E-state index in [-0.39, 0.29) is 27.7 Å². The van der Waals surface area contributed by atoms with E-state index in [2.05, 4.69) is 32.2 Å². The van der Waals surface area contributed by atoms with E-state index >= 15 is 0 Å². The Labute approximate surface area is 227 Å². The number of amides is 1. The molecule has 0 atom stereocenters. The van der Waals surface area contributed by atoms with E-state index in [0.717, 1.165) is 19.3 Å². The second-order valence-electron chi connectivity index (χ2n) is 7.87. The summed E-state index contributed by atoms with van der Waals surface area (Å²) in [5, 5.41) is 5.53. The molecule has 0 saturated heterocycles. The summed E-state index contributed by atoms with van der Waals surface area (Å²) in [6, 6.07) is 14.0. The fraction of sp³-hybridized carbons (Fsp3) is 0.280. The number of thiocarbonyl (C=S) groups is 1. The molecule has 0 fully saturated rings. The first-order chi connectivity index (χ1) is 18.2. The van der Waals surface area contributed by atoms with Gasteiger partial charge in [-0.3, -0.25) is 14.8 Å². The van der Waals surface area contributed by atoms with E-state index in [4.69, 9.17) is 26.4 Å². The minimum absolute atomic E-state index is 0.0191. The number of hydrogen-bond donors (Lipinski definition) is 3. The summed E-state index contributed by atoms with van der Waals surface area (Å²) >= 11 is 5.27. The molecule has 3 aromatic rings. The Morgan fingerprint density at radius 3 is 2.42 bits per heavy atom. The summed E-state index contributed by atoms with van der Waals surface area (Å²) < 4.78 is 43.7. The van der Waals surface area contributed by atoms with E-state index in [9.17, 15) is 13.2 Å². The average molecular weight is 560 g/mol. The lowest BCUT2D eigenvalue weighted by molar-refractivity contribution is 0.0973. The Bertz CT molecular complexity index is 1340. The molecular weight excluding hydrogens is 530 g/mol. The van der Waals surface area contributed by atoms with Gasteiger partial charge in [0.05, 0.1) is 31.3 Å². The van der Waals surface area contributed by atoms with E-state index in [1.54, 1.807) is 24.3 Å². The van der Waals surface area contributed by atoms with Crippen molar-refractivity contribution in [2.45, 2.75) is 31.1 Å². The van der Waals surface area contributed by atoms with Crippen molar-refractivity contribution >= 4 is 44.8 Å². The predicted molar refractivity (Wildman–Crippen MR) is 148 cm³/mol. The molecule has 11 nitrogen and oxygen atoms in total. The van der Waals surface area contributed by atoms with Crippen molar-refractivity contribution in [1.82, 2.24) is 15.3 Å². The van der Waals surface area contributed by atoms with Crippen LogP contribution in [0.15, 0.2) is 59.5 Å². The van der Waals surface area contributed by atoms with Gasteiger partial charge in [0.15, 0.2) is 10.9 Å². The number of unbranched alkanes of at least 4 members (excludes halogenated alkanes) is 2. The number of hydrogen-bond acceptors (Lipinski definition) is 9. The highest BCUT2D eigenvalue weighted by Gasteiger charge is 2.18. The normalized spacial score (nSPS) is 10.8. The van der Waals surface area contributed by atoms with Gasteiger partial charge >= 0.3 is 6.01 Å². The number of ether oxygens (including phenoxy) is 3. The second-order valence-corrected chi connectivity index (χ2v) is 9.96. The second kappa shape index (κ2) is 13.5. The number of sulfonamides is 1. The maximum absolute atomic E-state index is 12.8. The van der Waals surface area contributed by atoms with Crippen LogP contribution in [-0.4, -0.2) is 50.2 Å². The number of anilines is 2. The lowest BCUT2D eigenvalue weighted by atomic mass is 10.2. The summed E-state index contributed by atoms with van der Waals surface area (Å²) in [5.41, 5.74) is 0.836. The van der Waals surface area contributed by atoms with Gasteiger partial charge in [-0.1, -0.05) is 31.9 Å². The number of nitrogens with zero attached hydrogens (tertiary/aromatic N) is 2. The Morgan fingerprint density at radius 1 is 1.00 bits per heavy atom. The molecule has 0 bridgehead atoms. The first-order valence-electron chi connectivity index (χ1n) is 11.7. The van der Waals surface area contributed by atoms with Gasteiger partial charge in [0, 0.05) is 11.8 Å². The van der Waals surface area contributed by atoms with Crippen molar-refractivity contribution in [2.24, 2.45) is 0 Å². The molecule has 0 aliphatic rings. The molecule has 0 radical (unpaired) electrons. The van der Waals surface area contributed by atoms with Gasteiger partial charge in [0.2, 0.25) is 5.88 Å². The highest BCUT2D eigenvalue weighted by atomic mass is 32.2. The van der Waals surface area contributed by atoms with Crippen LogP contribution in [0.5, 0.6) is 17.6 Å². The number of aromatic nitrogens is 2. The van der Waals surface area contributed by atoms with Gasteiger partial charge in [-0.05, 0) is 55.0 Å². The number of benzene rings is 2. The SMILES string of the molecule is CCCCCOc1ccccc1C(=O)NC(=S)Nc1ccc(S(=O)(=O)Nc2cc(OC)nc(OC)n2)cc1. The minimum Gasteiger partial charge on any atom is -0.493 e. The summed E-state index contributed by atoms with van der Waals surface area (Å²) in [4.78, 5) is 20.6. The smallest absolute Gasteiger partial charge is 0.321 e. The first kappa shape index (κ1) is 28.6. The Balaban J connectivity index is 1.62. The number of nitrogens with one attached hydrogen (secondary N) is 3. The minimum atomic E-state index is -3.98. The number of para-hydroxylation sites is 1. The lowest BCUT2D eigenvalue weighted by Crippen LogP contribution is -2.34. The van der Waals surface area contributed by atoms with Crippen LogP contribution in [0.2, 0.25) is 0 Å². The number of methoxy groups -OCH3 is 2. The zero-order valence-electron chi connectivity index (χ0n) is 21.2. The van der Waals surface area contributed by atoms with Crippen molar-refractivity contribution in [3.8, 4) is 17.6 Å². The molecule has 0 spiro atoms. The van der Waals surface area contributed by atoms with Crippen LogP contribution in [0.3, 0.4) is 0 Å². The molecule has 1 amide bonds. The highest BCUT2D eigenvalue weighted by molar-refractivity contribution is 7.92. The zero-order chi connectivity index (χ0) is 27.5. The quantitative estimate of drug-likeness (QED) is 0.220. The van der Waals surface area contributed by atoms with Gasteiger partial charge in [-0.25, -0.2) is 8.42 Å². The van der Waals surface area contributed by atoms with Crippen molar-refractivity contribution < 1.29 is 27.4 Å². The Hall–Kier alpha value is -3.97. The third-order valence-electron chi connectivity index (χ3n) is 5.10. The van der Waals surface area contributed by atoms with Crippen LogP contribution in [-0.2, 0) is 10.0 Å². The van der Waals surface area contributed by atoms with Crippen LogP contribution in [0.1, 0.15) is 36.5 Å². The van der Waals surface area contributed by atoms with Gasteiger partial charge in [-0.15, -0.1) is 0 Å². The summed E-state index contributed by atoms with van der Waals surface area (Å²) in [5.74, 6) is 0.169. The number of carbonyl (C=O) groups is 1. The lowest BCUT2D eigenvalue weighted by Gasteiger charge is -2.13. The third-order valence-corrected chi connectivity index (χ3v) is 6.67. The van der Waals surface area contributed by atoms with E-state index in [0.29, 0.717) is 23.6 Å². The van der Waals surface area contributed by atoms with Crippen molar-refractivity contribution in [2.75, 3.05) is 30.9 Å². The molecule has 1 heterocycles. The zero-order valence-corrected chi connectivity index (χ0v) is 22.8. The van der Waals surface area contributed by atoms with Crippen LogP contribution in [0, 0.1) is 0 Å². The summed E-state index contributed by atoms with van der Waals surface area (Å²) in [6.07, 6.45) is 3.01. The predicted octanol–water partition coefficient (Wildman–Crippen LogP) is 3.99. The molecule has 0 aliphatic carbocycles. The molecule has 38 heavy (non-hydrogen) atoms. The fourth-order valence-corrected chi connectivity index (χ4v) is 4.42. The molecule has 0 aliphatic heterocycles. The number of carbonyl (C=O) groups excluding carboxylic acids is 1. The molecule has 2 aromatic carbocycles. The monoisotopic (exact) mass is 559 g/mol. The maximum atomic E-state index is 12.8. The molecule has 0 saturated carbocycles. The van der Waals surface area contributed by atoms with Gasteiger partial charge in [0.25, 0.3) is 15.9 Å². The molecule has 202 valence electrons. The van der Waals surface area contributed by atoms with Crippen LogP contribution in [0.4, 0.5) is 11.5 Å². The van der Waals surface area contributed by atoms with Crippen molar-refractivity contribution in [1.29, 1.82) is 0 Å². The maximum Gasteiger partial charge on any atom is 0.321 e. The molecular formula is C25H29N5O6S2. The van der Waals surface area contributed by atoms with Crippen molar-refractivity contribution in [3.63, 3.8) is 0 Å². The number of rotatable bonds is 12. The highest BCUT2D eigenvalue weighted by Crippen LogP contribution is 2.22. The molecule has 0 unspecified atom stereocenters. The first-order valence-corrected chi connectivity index (χ1v) is 13.6. The molecule has 3 N–H and O–H groups in total. The fourth-order valence-electron chi connectivity index (χ4n) is 3.21. The summed E-state index contributed by atoms with van der Waals surface area (Å²) in [7, 11) is -1.23. The van der Waals surface area contributed by atoms with E-state index in [1.807, 2.05) is 0 Å². The van der Waals surface area contributed by atoms with Gasteiger partial charge in [-0.2, -0.15) is 9.97 Å². The van der Waals surface area contributed by atoms with Gasteiger partial charge < -0.3 is 19.5 Å². The Kier molecular flexibility index (Phi) is 10.2. The standard InChI is InChI=1S/C25H29N5O6S2/c1-4-5-8-15-36-20-10-7-6-9-19(20)23(31)29-25(37)26-17-11-13-18(14-12-17)38(32,33)30-21-16-22(34-2)28-24(27-21)35-3/h6-7,9-14,16H,4-5,8,15H2,1-3H3,(H,27,28,30)(H2,26,29,31,37). The van der Waals surface area contributed by atoms with Crippen LogP contribution in [0.25, 0.3) is 0 Å². The molecule has 3 rings (SSSR count). The molecule has 13 heteroatoms. The largest absolute Gasteiger partial charge is 0.493 e. The summed E-state index contributed by atoms with van der Waals surface area (Å²) in [6.45, 7) is 2.62. The van der Waals surface area contributed by atoms with Crippen molar-refractivity contribution in [3.05, 3.63) is 60.2 Å². The van der Waals surface area contributed by atoms with E-state index in [1.165, 1.54) is 44.6 Å². The van der Waals surface area contributed by atoms with Gasteiger partial charge in [0.1, 0.15) is 5.75 Å². The average Bonchev–Trinajstić information content (AvgIpc) is 2.91. The molecule has 1 aromatic heterocycles. The topological polar surface area (TPSA) is 141 Å². The Morgan fingerprint density at radius 2 is 1.74 bits per heavy atom.